The van der Waals surface area contributed by atoms with Gasteiger partial charge in [0.15, 0.2) is 11.6 Å². The van der Waals surface area contributed by atoms with Crippen molar-refractivity contribution in [2.24, 2.45) is 0 Å². The molecule has 176 valence electrons. The average Bonchev–Trinajstić information content (AvgIpc) is 3.25. The number of fused-ring (bicyclic) bond motifs is 1. The number of nitrogens with one attached hydrogen (secondary N) is 2. The van der Waals surface area contributed by atoms with Gasteiger partial charge in [0.05, 0.1) is 36.0 Å². The zero-order chi connectivity index (χ0) is 24.4. The number of nitrogens with zero attached hydrogens (tertiary/aromatic N) is 4. The number of benzene rings is 2. The lowest BCUT2D eigenvalue weighted by Crippen LogP contribution is -2.15. The third-order valence-electron chi connectivity index (χ3n) is 5.05. The molecule has 0 aliphatic carbocycles. The summed E-state index contributed by atoms with van der Waals surface area (Å²) in [6.07, 6.45) is 4.63. The minimum atomic E-state index is -0.679. The number of carbonyl (C=O) groups excluding carboxylic acids is 1. The lowest BCUT2D eigenvalue weighted by Gasteiger charge is -2.15. The summed E-state index contributed by atoms with van der Waals surface area (Å²) in [5.41, 5.74) is 1.95. The fourth-order valence-corrected chi connectivity index (χ4v) is 3.88. The van der Waals surface area contributed by atoms with Gasteiger partial charge in [-0.2, -0.15) is 0 Å². The summed E-state index contributed by atoms with van der Waals surface area (Å²) in [5.74, 6) is -0.629. The molecule has 2 heterocycles. The van der Waals surface area contributed by atoms with Gasteiger partial charge in [-0.15, -0.1) is 0 Å². The van der Waals surface area contributed by atoms with Crippen molar-refractivity contribution >= 4 is 34.5 Å². The fraction of sp³-hybridized carbons (Fsp3) is 0.217. The van der Waals surface area contributed by atoms with Crippen molar-refractivity contribution in [3.05, 3.63) is 58.9 Å². The Morgan fingerprint density at radius 3 is 2.53 bits per heavy atom. The van der Waals surface area contributed by atoms with E-state index in [1.54, 1.807) is 12.3 Å². The quantitative estimate of drug-likeness (QED) is 0.406. The van der Waals surface area contributed by atoms with Crippen LogP contribution in [0.3, 0.4) is 0 Å². The van der Waals surface area contributed by atoms with E-state index >= 15 is 4.39 Å². The first-order valence-electron chi connectivity index (χ1n) is 10.2. The van der Waals surface area contributed by atoms with Crippen LogP contribution >= 0.6 is 11.6 Å². The van der Waals surface area contributed by atoms with Gasteiger partial charge < -0.3 is 19.4 Å². The van der Waals surface area contributed by atoms with Gasteiger partial charge in [0.1, 0.15) is 11.3 Å². The molecule has 0 saturated heterocycles. The number of anilines is 1. The predicted octanol–water partition coefficient (Wildman–Crippen LogP) is 4.14. The van der Waals surface area contributed by atoms with Gasteiger partial charge >= 0.3 is 0 Å². The molecule has 0 atom stereocenters. The third kappa shape index (κ3) is 4.37. The number of imidazole rings is 1. The number of carbonyl (C=O) groups is 1. The van der Waals surface area contributed by atoms with Crippen LogP contribution in [0.2, 0.25) is 5.02 Å². The Bertz CT molecular complexity index is 1350. The van der Waals surface area contributed by atoms with Crippen LogP contribution in [0, 0.1) is 5.82 Å². The summed E-state index contributed by atoms with van der Waals surface area (Å²) < 4.78 is 25.7. The number of halogens is 2. The van der Waals surface area contributed by atoms with Crippen molar-refractivity contribution in [1.29, 1.82) is 0 Å². The number of hydrogen-bond acceptors (Lipinski definition) is 7. The first-order valence-corrected chi connectivity index (χ1v) is 10.6. The van der Waals surface area contributed by atoms with Crippen LogP contribution in [0.4, 0.5) is 10.3 Å². The van der Waals surface area contributed by atoms with E-state index in [1.165, 1.54) is 38.7 Å². The van der Waals surface area contributed by atoms with Gasteiger partial charge in [-0.25, -0.2) is 9.37 Å². The maximum atomic E-state index is 15.3. The second-order valence-corrected chi connectivity index (χ2v) is 8.01. The molecule has 34 heavy (non-hydrogen) atoms. The molecule has 0 fully saturated rings. The number of methoxy groups -OCH3 is 2. The maximum Gasteiger partial charge on any atom is 0.260 e. The fourth-order valence-electron chi connectivity index (χ4n) is 3.57. The van der Waals surface area contributed by atoms with Crippen LogP contribution in [0.1, 0.15) is 16.1 Å². The summed E-state index contributed by atoms with van der Waals surface area (Å²) in [4.78, 5) is 31.0. The Kier molecular flexibility index (Phi) is 6.62. The molecule has 1 amide bonds. The molecule has 0 unspecified atom stereocenters. The predicted molar refractivity (Wildman–Crippen MR) is 127 cm³/mol. The molecule has 0 saturated carbocycles. The molecule has 2 N–H and O–H groups in total. The number of H-pyrrole nitrogens is 1. The van der Waals surface area contributed by atoms with Crippen LogP contribution in [0.25, 0.3) is 22.2 Å². The Morgan fingerprint density at radius 1 is 1.15 bits per heavy atom. The van der Waals surface area contributed by atoms with E-state index in [0.717, 1.165) is 5.69 Å². The maximum absolute atomic E-state index is 15.3. The molecule has 2 aromatic carbocycles. The largest absolute Gasteiger partial charge is 0.495 e. The minimum absolute atomic E-state index is 0.0367. The summed E-state index contributed by atoms with van der Waals surface area (Å²) in [5, 5.41) is 2.78. The van der Waals surface area contributed by atoms with E-state index in [0.29, 0.717) is 23.6 Å². The number of rotatable bonds is 7. The van der Waals surface area contributed by atoms with Crippen LogP contribution in [-0.2, 0) is 6.54 Å². The molecule has 0 radical (unpaired) electrons. The van der Waals surface area contributed by atoms with Crippen LogP contribution in [0.5, 0.6) is 11.5 Å². The van der Waals surface area contributed by atoms with Crippen LogP contribution in [0.15, 0.2) is 36.8 Å². The van der Waals surface area contributed by atoms with E-state index in [2.05, 4.69) is 25.3 Å². The lowest BCUT2D eigenvalue weighted by atomic mass is 9.99. The highest BCUT2D eigenvalue weighted by Crippen LogP contribution is 2.44. The molecule has 0 bridgehead atoms. The van der Waals surface area contributed by atoms with Crippen molar-refractivity contribution in [1.82, 2.24) is 24.8 Å². The molecule has 0 spiro atoms. The number of aromatic nitrogens is 4. The zero-order valence-corrected chi connectivity index (χ0v) is 19.7. The van der Waals surface area contributed by atoms with Gasteiger partial charge in [0.25, 0.3) is 5.91 Å². The number of amides is 1. The summed E-state index contributed by atoms with van der Waals surface area (Å²) in [7, 11) is 6.62. The molecule has 11 heteroatoms. The number of aromatic amines is 1. The second kappa shape index (κ2) is 9.62. The topological polar surface area (TPSA) is 105 Å². The van der Waals surface area contributed by atoms with Gasteiger partial charge in [-0.3, -0.25) is 20.1 Å². The van der Waals surface area contributed by atoms with Crippen molar-refractivity contribution in [3.63, 3.8) is 0 Å². The average molecular weight is 485 g/mol. The van der Waals surface area contributed by atoms with E-state index in [4.69, 9.17) is 21.1 Å². The van der Waals surface area contributed by atoms with Gasteiger partial charge in [-0.1, -0.05) is 17.7 Å². The number of hydrogen-bond donors (Lipinski definition) is 2. The zero-order valence-electron chi connectivity index (χ0n) is 18.9. The lowest BCUT2D eigenvalue weighted by molar-refractivity contribution is 0.102. The van der Waals surface area contributed by atoms with E-state index < -0.39 is 11.7 Å². The normalized spacial score (nSPS) is 11.1. The summed E-state index contributed by atoms with van der Waals surface area (Å²) in [6.45, 7) is 0.617. The highest BCUT2D eigenvalue weighted by molar-refractivity contribution is 6.35. The molecule has 4 rings (SSSR count). The molecule has 9 nitrogen and oxygen atoms in total. The third-order valence-corrected chi connectivity index (χ3v) is 5.43. The van der Waals surface area contributed by atoms with Crippen molar-refractivity contribution in [2.45, 2.75) is 6.54 Å². The van der Waals surface area contributed by atoms with E-state index in [9.17, 15) is 4.79 Å². The van der Waals surface area contributed by atoms with Gasteiger partial charge in [0.2, 0.25) is 5.95 Å². The monoisotopic (exact) mass is 484 g/mol. The molecule has 0 aliphatic heterocycles. The van der Waals surface area contributed by atoms with Gasteiger partial charge in [-0.05, 0) is 20.2 Å². The van der Waals surface area contributed by atoms with Crippen molar-refractivity contribution < 1.29 is 18.7 Å². The van der Waals surface area contributed by atoms with Crippen LogP contribution in [-0.4, -0.2) is 59.1 Å². The Balaban J connectivity index is 1.79. The van der Waals surface area contributed by atoms with Crippen LogP contribution < -0.4 is 14.8 Å². The molecular weight excluding hydrogens is 463 g/mol. The first-order chi connectivity index (χ1) is 16.3. The highest BCUT2D eigenvalue weighted by Gasteiger charge is 2.24. The first kappa shape index (κ1) is 23.4. The summed E-state index contributed by atoms with van der Waals surface area (Å²) in [6, 6.07) is 4.46. The standard InChI is InChI=1S/C23H22ClFN6O3/c1-31(2)11-12-10-28-23(29-12)30-22(32)14-6-5-13(20-21(14)27-8-7-26-20)17-18(24)15(33-3)9-16(34-4)19(17)25/h5-10H,11H2,1-4H3,(H2,28,29,30,32). The van der Waals surface area contributed by atoms with Crippen molar-refractivity contribution in [2.75, 3.05) is 33.6 Å². The highest BCUT2D eigenvalue weighted by atomic mass is 35.5. The SMILES string of the molecule is COc1cc(OC)c(Cl)c(-c2ccc(C(=O)Nc3nc(CN(C)C)c[nH]3)c3nccnc23)c1F. The Morgan fingerprint density at radius 2 is 1.85 bits per heavy atom. The molecule has 0 aliphatic rings. The molecule has 2 aromatic heterocycles. The Hall–Kier alpha value is -3.76. The second-order valence-electron chi connectivity index (χ2n) is 7.63. The number of ether oxygens (including phenoxy) is 2. The van der Waals surface area contributed by atoms with Crippen molar-refractivity contribution in [3.8, 4) is 22.6 Å². The minimum Gasteiger partial charge on any atom is -0.495 e. The summed E-state index contributed by atoms with van der Waals surface area (Å²) >= 11 is 6.46. The Labute approximate surface area is 199 Å². The van der Waals surface area contributed by atoms with E-state index in [1.807, 2.05) is 19.0 Å². The molecular formula is C23H22ClFN6O3. The molecule has 4 aromatic rings. The van der Waals surface area contributed by atoms with Gasteiger partial charge in [0, 0.05) is 42.3 Å². The smallest absolute Gasteiger partial charge is 0.260 e. The van der Waals surface area contributed by atoms with E-state index in [-0.39, 0.29) is 33.2 Å².